The van der Waals surface area contributed by atoms with Gasteiger partial charge in [-0.25, -0.2) is 4.68 Å². The maximum atomic E-state index is 12.7. The fourth-order valence-corrected chi connectivity index (χ4v) is 4.76. The molecule has 1 aromatic heterocycles. The van der Waals surface area contributed by atoms with Crippen molar-refractivity contribution in [2.24, 2.45) is 5.73 Å². The van der Waals surface area contributed by atoms with Crippen LogP contribution in [0.3, 0.4) is 0 Å². The highest BCUT2D eigenvalue weighted by molar-refractivity contribution is 6.04. The summed E-state index contributed by atoms with van der Waals surface area (Å²) in [4.78, 5) is 24.8. The Labute approximate surface area is 226 Å². The summed E-state index contributed by atoms with van der Waals surface area (Å²) in [5, 5.41) is 11.0. The van der Waals surface area contributed by atoms with E-state index in [9.17, 15) is 9.59 Å². The number of hydrogen-bond acceptors (Lipinski definition) is 6. The number of fused-ring (bicyclic) bond motifs is 1. The fraction of sp³-hybridized carbons (Fsp3) is 0.167. The summed E-state index contributed by atoms with van der Waals surface area (Å²) in [6.07, 6.45) is 1.91. The van der Waals surface area contributed by atoms with Gasteiger partial charge in [0, 0.05) is 23.4 Å². The van der Waals surface area contributed by atoms with Gasteiger partial charge in [0.25, 0.3) is 5.91 Å². The maximum Gasteiger partial charge on any atom is 0.254 e. The number of para-hydroxylation sites is 1. The third-order valence-corrected chi connectivity index (χ3v) is 6.60. The van der Waals surface area contributed by atoms with Gasteiger partial charge in [0.1, 0.15) is 23.7 Å². The van der Waals surface area contributed by atoms with Crippen LogP contribution in [0.1, 0.15) is 33.9 Å². The zero-order chi connectivity index (χ0) is 27.4. The molecule has 1 aliphatic heterocycles. The zero-order valence-electron chi connectivity index (χ0n) is 21.5. The summed E-state index contributed by atoms with van der Waals surface area (Å²) in [6.45, 7) is 4.52. The number of aromatic nitrogens is 2. The maximum absolute atomic E-state index is 12.7. The van der Waals surface area contributed by atoms with E-state index in [2.05, 4.69) is 17.2 Å². The van der Waals surface area contributed by atoms with E-state index in [1.54, 1.807) is 23.9 Å². The second kappa shape index (κ2) is 11.1. The molecule has 9 heteroatoms. The number of methoxy groups -OCH3 is 1. The molecule has 0 bridgehead atoms. The first kappa shape index (κ1) is 25.6. The van der Waals surface area contributed by atoms with E-state index in [1.807, 2.05) is 60.7 Å². The number of ether oxygens (including phenoxy) is 2. The summed E-state index contributed by atoms with van der Waals surface area (Å²) in [5.41, 5.74) is 9.79. The van der Waals surface area contributed by atoms with E-state index < -0.39 is 5.91 Å². The number of carbonyl (C=O) groups is 2. The van der Waals surface area contributed by atoms with Crippen molar-refractivity contribution in [3.05, 3.63) is 102 Å². The van der Waals surface area contributed by atoms with Crippen molar-refractivity contribution in [3.8, 4) is 22.8 Å². The first-order chi connectivity index (χ1) is 19.0. The minimum atomic E-state index is -0.601. The van der Waals surface area contributed by atoms with Crippen molar-refractivity contribution in [1.29, 1.82) is 0 Å². The predicted molar refractivity (Wildman–Crippen MR) is 150 cm³/mol. The van der Waals surface area contributed by atoms with Gasteiger partial charge in [0.05, 0.1) is 13.2 Å². The van der Waals surface area contributed by atoms with Crippen molar-refractivity contribution >= 4 is 23.3 Å². The Hall–Kier alpha value is -5.05. The molecular formula is C30H29N5O4. The van der Waals surface area contributed by atoms with Crippen molar-refractivity contribution < 1.29 is 19.1 Å². The lowest BCUT2D eigenvalue weighted by atomic mass is 9.99. The second-order valence-electron chi connectivity index (χ2n) is 9.03. The van der Waals surface area contributed by atoms with Crippen LogP contribution in [0.2, 0.25) is 0 Å². The molecule has 0 saturated heterocycles. The molecule has 0 aliphatic carbocycles. The molecular weight excluding hydrogens is 494 g/mol. The third kappa shape index (κ3) is 5.19. The predicted octanol–water partition coefficient (Wildman–Crippen LogP) is 4.77. The first-order valence-electron chi connectivity index (χ1n) is 12.5. The molecule has 198 valence electrons. The van der Waals surface area contributed by atoms with Gasteiger partial charge in [-0.2, -0.15) is 5.10 Å². The minimum Gasteiger partial charge on any atom is -0.493 e. The van der Waals surface area contributed by atoms with Crippen molar-refractivity contribution in [2.75, 3.05) is 24.3 Å². The summed E-state index contributed by atoms with van der Waals surface area (Å²) >= 11 is 0. The highest BCUT2D eigenvalue weighted by atomic mass is 16.5. The molecule has 1 atom stereocenters. The van der Waals surface area contributed by atoms with E-state index in [1.165, 1.54) is 6.08 Å². The van der Waals surface area contributed by atoms with Gasteiger partial charge in [-0.05, 0) is 42.3 Å². The molecule has 3 aromatic carbocycles. The number of carbonyl (C=O) groups excluding carboxylic acids is 2. The van der Waals surface area contributed by atoms with Gasteiger partial charge in [-0.3, -0.25) is 9.59 Å². The normalized spacial score (nSPS) is 14.0. The molecule has 0 radical (unpaired) electrons. The number of nitrogens with zero attached hydrogens (tertiary/aromatic N) is 2. The summed E-state index contributed by atoms with van der Waals surface area (Å²) in [7, 11) is 1.56. The smallest absolute Gasteiger partial charge is 0.254 e. The van der Waals surface area contributed by atoms with Crippen LogP contribution in [0.15, 0.2) is 85.5 Å². The molecule has 9 nitrogen and oxygen atoms in total. The molecule has 2 heterocycles. The molecule has 39 heavy (non-hydrogen) atoms. The van der Waals surface area contributed by atoms with Crippen LogP contribution in [-0.2, 0) is 11.4 Å². The molecule has 0 spiro atoms. The standard InChI is InChI=1S/C30H29N5O4/c1-3-26(36)33-22-12-8-7-11-21(22)23-15-16-32-30-27(29(31)37)28(34-35(23)30)20-13-14-24(25(17-20)38-2)39-18-19-9-5-4-6-10-19/h3-14,17,23,32H,1,15-16,18H2,2H3,(H2,31,37)(H,33,36). The number of hydrogen-bond donors (Lipinski definition) is 3. The molecule has 5 rings (SSSR count). The number of anilines is 2. The lowest BCUT2D eigenvalue weighted by molar-refractivity contribution is -0.111. The van der Waals surface area contributed by atoms with Crippen molar-refractivity contribution in [3.63, 3.8) is 0 Å². The number of amides is 2. The minimum absolute atomic E-state index is 0.246. The number of primary amides is 1. The Morgan fingerprint density at radius 1 is 1.13 bits per heavy atom. The average Bonchev–Trinajstić information content (AvgIpc) is 3.37. The molecule has 2 amide bonds. The van der Waals surface area contributed by atoms with Crippen molar-refractivity contribution in [2.45, 2.75) is 19.1 Å². The number of benzene rings is 3. The fourth-order valence-electron chi connectivity index (χ4n) is 4.76. The molecule has 4 aromatic rings. The average molecular weight is 524 g/mol. The Balaban J connectivity index is 1.53. The van der Waals surface area contributed by atoms with E-state index in [4.69, 9.17) is 20.3 Å². The number of rotatable bonds is 9. The third-order valence-electron chi connectivity index (χ3n) is 6.60. The van der Waals surface area contributed by atoms with Gasteiger partial charge >= 0.3 is 0 Å². The van der Waals surface area contributed by atoms with Crippen LogP contribution in [0, 0.1) is 0 Å². The van der Waals surface area contributed by atoms with E-state index in [0.29, 0.717) is 53.8 Å². The SMILES string of the molecule is C=CC(=O)Nc1ccccc1C1CCNc2c(C(N)=O)c(-c3ccc(OCc4ccccc4)c(OC)c3)nn21. The Morgan fingerprint density at radius 3 is 2.64 bits per heavy atom. The van der Waals surface area contributed by atoms with E-state index in [0.717, 1.165) is 11.1 Å². The topological polar surface area (TPSA) is 120 Å². The van der Waals surface area contributed by atoms with E-state index >= 15 is 0 Å². The number of nitrogens with one attached hydrogen (secondary N) is 2. The highest BCUT2D eigenvalue weighted by Gasteiger charge is 2.32. The molecule has 0 saturated carbocycles. The van der Waals surface area contributed by atoms with Crippen LogP contribution >= 0.6 is 0 Å². The quantitative estimate of drug-likeness (QED) is 0.272. The van der Waals surface area contributed by atoms with Gasteiger partial charge in [0.2, 0.25) is 5.91 Å². The summed E-state index contributed by atoms with van der Waals surface area (Å²) < 4.78 is 13.4. The highest BCUT2D eigenvalue weighted by Crippen LogP contribution is 2.40. The summed E-state index contributed by atoms with van der Waals surface area (Å²) in [6, 6.07) is 22.5. The first-order valence-corrected chi connectivity index (χ1v) is 12.5. The Kier molecular flexibility index (Phi) is 7.31. The van der Waals surface area contributed by atoms with Crippen molar-refractivity contribution in [1.82, 2.24) is 9.78 Å². The summed E-state index contributed by atoms with van der Waals surface area (Å²) in [5.74, 6) is 0.694. The Morgan fingerprint density at radius 2 is 1.90 bits per heavy atom. The van der Waals surface area contributed by atoms with Crippen LogP contribution in [-0.4, -0.2) is 35.2 Å². The lowest BCUT2D eigenvalue weighted by Crippen LogP contribution is -2.27. The molecule has 4 N–H and O–H groups in total. The molecule has 1 aliphatic rings. The van der Waals surface area contributed by atoms with Gasteiger partial charge in [-0.1, -0.05) is 55.1 Å². The number of nitrogens with two attached hydrogens (primary N) is 1. The van der Waals surface area contributed by atoms with Crippen LogP contribution in [0.4, 0.5) is 11.5 Å². The second-order valence-corrected chi connectivity index (χ2v) is 9.03. The van der Waals surface area contributed by atoms with E-state index in [-0.39, 0.29) is 17.5 Å². The van der Waals surface area contributed by atoms with Gasteiger partial charge < -0.3 is 25.8 Å². The monoisotopic (exact) mass is 523 g/mol. The lowest BCUT2D eigenvalue weighted by Gasteiger charge is -2.28. The molecule has 0 fully saturated rings. The molecule has 1 unspecified atom stereocenters. The van der Waals surface area contributed by atoms with Gasteiger partial charge in [-0.15, -0.1) is 0 Å². The van der Waals surface area contributed by atoms with Crippen LogP contribution in [0.25, 0.3) is 11.3 Å². The largest absolute Gasteiger partial charge is 0.493 e. The van der Waals surface area contributed by atoms with Gasteiger partial charge in [0.15, 0.2) is 11.5 Å². The Bertz CT molecular complexity index is 1530. The van der Waals surface area contributed by atoms with Crippen LogP contribution < -0.4 is 25.8 Å². The zero-order valence-corrected chi connectivity index (χ0v) is 21.5. The van der Waals surface area contributed by atoms with Crippen LogP contribution in [0.5, 0.6) is 11.5 Å².